The molecule has 1 aliphatic heterocycles. The summed E-state index contributed by atoms with van der Waals surface area (Å²) in [6, 6.07) is 2.53. The minimum Gasteiger partial charge on any atom is -0.352 e. The highest BCUT2D eigenvalue weighted by molar-refractivity contribution is 7.44. The molecule has 0 bridgehead atoms. The van der Waals surface area contributed by atoms with Gasteiger partial charge in [-0.1, -0.05) is 0 Å². The highest BCUT2D eigenvalue weighted by Crippen LogP contribution is 2.46. The maximum Gasteiger partial charge on any atom is 0.330 e. The van der Waals surface area contributed by atoms with Crippen LogP contribution in [0.4, 0.5) is 0 Å². The molecule has 0 spiro atoms. The zero-order valence-corrected chi connectivity index (χ0v) is 18.6. The van der Waals surface area contributed by atoms with Gasteiger partial charge >= 0.3 is 5.69 Å². The third-order valence-electron chi connectivity index (χ3n) is 4.57. The summed E-state index contributed by atoms with van der Waals surface area (Å²) in [5.74, 6) is 0. The van der Waals surface area contributed by atoms with Crippen molar-refractivity contribution in [3.63, 3.8) is 0 Å². The minimum atomic E-state index is -1.33. The number of aryl methyl sites for hydroxylation is 1. The second kappa shape index (κ2) is 11.0. The van der Waals surface area contributed by atoms with Gasteiger partial charge in [0.2, 0.25) is 0 Å². The van der Waals surface area contributed by atoms with Crippen molar-refractivity contribution in [2.75, 3.05) is 13.2 Å². The quantitative estimate of drug-likeness (QED) is 0.452. The molecule has 9 nitrogen and oxygen atoms in total. The van der Waals surface area contributed by atoms with E-state index >= 15 is 0 Å². The molecule has 0 amide bonds. The van der Waals surface area contributed by atoms with Gasteiger partial charge in [-0.15, -0.1) is 0 Å². The summed E-state index contributed by atoms with van der Waals surface area (Å²) in [5, 5.41) is 8.79. The molecule has 1 N–H and O–H groups in total. The van der Waals surface area contributed by atoms with Gasteiger partial charge in [-0.25, -0.2) is 9.46 Å². The van der Waals surface area contributed by atoms with Gasteiger partial charge in [-0.2, -0.15) is 5.26 Å². The van der Waals surface area contributed by atoms with Gasteiger partial charge in [-0.05, 0) is 47.5 Å². The second-order valence-electron chi connectivity index (χ2n) is 7.61. The first-order chi connectivity index (χ1) is 13.7. The van der Waals surface area contributed by atoms with E-state index in [1.54, 1.807) is 6.92 Å². The molecule has 0 radical (unpaired) electrons. The van der Waals surface area contributed by atoms with E-state index in [1.807, 2.05) is 0 Å². The van der Waals surface area contributed by atoms with E-state index < -0.39 is 20.4 Å². The number of nitrogens with one attached hydrogen (secondary N) is 1. The van der Waals surface area contributed by atoms with Crippen molar-refractivity contribution in [3.8, 4) is 6.07 Å². The summed E-state index contributed by atoms with van der Waals surface area (Å²) in [4.78, 5) is 26.0. The smallest absolute Gasteiger partial charge is 0.330 e. The van der Waals surface area contributed by atoms with Gasteiger partial charge in [0.15, 0.2) is 0 Å². The number of aromatic amines is 1. The van der Waals surface area contributed by atoms with Gasteiger partial charge in [0.25, 0.3) is 14.1 Å². The largest absolute Gasteiger partial charge is 0.352 e. The monoisotopic (exact) mass is 426 g/mol. The predicted octanol–water partition coefficient (Wildman–Crippen LogP) is 2.82. The molecule has 0 saturated carbocycles. The van der Waals surface area contributed by atoms with Crippen molar-refractivity contribution in [3.05, 3.63) is 32.6 Å². The predicted molar refractivity (Wildman–Crippen MR) is 110 cm³/mol. The van der Waals surface area contributed by atoms with Crippen LogP contribution in [0.2, 0.25) is 0 Å². The van der Waals surface area contributed by atoms with Crippen LogP contribution < -0.4 is 11.2 Å². The molecule has 1 saturated heterocycles. The summed E-state index contributed by atoms with van der Waals surface area (Å²) in [5.41, 5.74) is -0.390. The average Bonchev–Trinajstić information content (AvgIpc) is 3.10. The number of aromatic nitrogens is 2. The zero-order valence-electron chi connectivity index (χ0n) is 17.8. The summed E-state index contributed by atoms with van der Waals surface area (Å²) >= 11 is 0. The standard InChI is InChI=1S/C19H31N4O5P/c1-13(2)23(14(3)4)29(26-10-6-9-20)27-12-16-7-8-17(28-16)22-11-15(5)18(24)21-19(22)25/h11,13-14,16-17H,6-8,10,12H2,1-5H3,(H,21,24,25)/t16-,17+,29?/m0/s1. The van der Waals surface area contributed by atoms with Crippen molar-refractivity contribution in [2.24, 2.45) is 0 Å². The zero-order chi connectivity index (χ0) is 21.6. The van der Waals surface area contributed by atoms with Crippen LogP contribution in [0.15, 0.2) is 15.8 Å². The third-order valence-corrected chi connectivity index (χ3v) is 6.65. The lowest BCUT2D eigenvalue weighted by Gasteiger charge is -2.36. The topological polar surface area (TPSA) is 110 Å². The Hall–Kier alpha value is -1.56. The Morgan fingerprint density at radius 3 is 2.62 bits per heavy atom. The van der Waals surface area contributed by atoms with Gasteiger partial charge in [0, 0.05) is 23.8 Å². The molecular formula is C19H31N4O5P. The highest BCUT2D eigenvalue weighted by atomic mass is 31.2. The van der Waals surface area contributed by atoms with Crippen LogP contribution in [-0.2, 0) is 13.8 Å². The summed E-state index contributed by atoms with van der Waals surface area (Å²) in [7, 11) is -1.33. The molecule has 3 atom stereocenters. The number of ether oxygens (including phenoxy) is 1. The molecule has 0 aromatic carbocycles. The Morgan fingerprint density at radius 2 is 2.00 bits per heavy atom. The van der Waals surface area contributed by atoms with Crippen LogP contribution in [0.25, 0.3) is 0 Å². The van der Waals surface area contributed by atoms with Crippen molar-refractivity contribution < 1.29 is 13.8 Å². The van der Waals surface area contributed by atoms with E-state index in [4.69, 9.17) is 19.0 Å². The maximum absolute atomic E-state index is 12.1. The molecule has 1 unspecified atom stereocenters. The first kappa shape index (κ1) is 23.7. The van der Waals surface area contributed by atoms with Crippen LogP contribution in [0.3, 0.4) is 0 Å². The molecular weight excluding hydrogens is 395 g/mol. The number of rotatable bonds is 10. The van der Waals surface area contributed by atoms with E-state index in [2.05, 4.69) is 43.4 Å². The summed E-state index contributed by atoms with van der Waals surface area (Å²) in [6.07, 6.45) is 2.63. The summed E-state index contributed by atoms with van der Waals surface area (Å²) < 4.78 is 21.6. The lowest BCUT2D eigenvalue weighted by Crippen LogP contribution is -2.34. The van der Waals surface area contributed by atoms with E-state index in [0.717, 1.165) is 6.42 Å². The SMILES string of the molecule is Cc1cn([C@H]2CC[C@@H](COP(OCCC#N)N(C(C)C)C(C)C)O2)c(=O)[nH]c1=O. The van der Waals surface area contributed by atoms with Crippen molar-refractivity contribution in [1.29, 1.82) is 5.26 Å². The Bertz CT molecular complexity index is 808. The van der Waals surface area contributed by atoms with Crippen LogP contribution in [-0.4, -0.2) is 45.6 Å². The van der Waals surface area contributed by atoms with E-state index in [9.17, 15) is 9.59 Å². The average molecular weight is 426 g/mol. The third kappa shape index (κ3) is 6.46. The Balaban J connectivity index is 2.01. The number of hydrogen-bond donors (Lipinski definition) is 1. The molecule has 2 rings (SSSR count). The van der Waals surface area contributed by atoms with Gasteiger partial charge in [0.1, 0.15) is 6.23 Å². The number of H-pyrrole nitrogens is 1. The second-order valence-corrected chi connectivity index (χ2v) is 9.07. The normalized spacial score (nSPS) is 20.5. The number of nitrogens with zero attached hydrogens (tertiary/aromatic N) is 3. The maximum atomic E-state index is 12.1. The van der Waals surface area contributed by atoms with Crippen molar-refractivity contribution in [1.82, 2.24) is 14.2 Å². The van der Waals surface area contributed by atoms with Crippen LogP contribution in [0.1, 0.15) is 58.7 Å². The van der Waals surface area contributed by atoms with Crippen LogP contribution >= 0.6 is 8.53 Å². The Morgan fingerprint density at radius 1 is 1.31 bits per heavy atom. The number of hydrogen-bond acceptors (Lipinski definition) is 7. The minimum absolute atomic E-state index is 0.176. The first-order valence-corrected chi connectivity index (χ1v) is 11.1. The molecule has 1 aromatic heterocycles. The molecule has 162 valence electrons. The highest BCUT2D eigenvalue weighted by Gasteiger charge is 2.32. The van der Waals surface area contributed by atoms with Gasteiger partial charge in [0.05, 0.1) is 31.8 Å². The van der Waals surface area contributed by atoms with Crippen molar-refractivity contribution in [2.45, 2.75) is 78.3 Å². The van der Waals surface area contributed by atoms with E-state index in [-0.39, 0.29) is 23.7 Å². The fraction of sp³-hybridized carbons (Fsp3) is 0.737. The Labute approximate surface area is 172 Å². The molecule has 1 fully saturated rings. The fourth-order valence-corrected chi connectivity index (χ4v) is 4.91. The lowest BCUT2D eigenvalue weighted by atomic mass is 10.2. The van der Waals surface area contributed by atoms with Crippen LogP contribution in [0, 0.1) is 18.3 Å². The molecule has 2 heterocycles. The molecule has 1 aromatic rings. The summed E-state index contributed by atoms with van der Waals surface area (Å²) in [6.45, 7) is 10.6. The van der Waals surface area contributed by atoms with Gasteiger partial charge < -0.3 is 13.8 Å². The molecule has 1 aliphatic rings. The Kier molecular flexibility index (Phi) is 9.00. The van der Waals surface area contributed by atoms with E-state index in [1.165, 1.54) is 10.8 Å². The fourth-order valence-electron chi connectivity index (χ4n) is 3.27. The number of nitriles is 1. The van der Waals surface area contributed by atoms with E-state index in [0.29, 0.717) is 31.6 Å². The van der Waals surface area contributed by atoms with Gasteiger partial charge in [-0.3, -0.25) is 14.3 Å². The molecule has 29 heavy (non-hydrogen) atoms. The van der Waals surface area contributed by atoms with Crippen molar-refractivity contribution >= 4 is 8.53 Å². The molecule has 10 heteroatoms. The molecule has 0 aliphatic carbocycles. The lowest BCUT2D eigenvalue weighted by molar-refractivity contribution is -0.0226. The van der Waals surface area contributed by atoms with Crippen LogP contribution in [0.5, 0.6) is 0 Å². The first-order valence-electron chi connectivity index (χ1n) is 9.93.